The van der Waals surface area contributed by atoms with Gasteiger partial charge in [-0.05, 0) is 73.1 Å². The third-order valence-corrected chi connectivity index (χ3v) is 7.43. The molecule has 1 atom stereocenters. The molecule has 0 bridgehead atoms. The molecule has 0 saturated heterocycles. The SMILES string of the molecule is C[C@@H]1CCc2c(sc3nc4c(c(-c5ccccc5)c23)CCCCCC4)C1. The summed E-state index contributed by atoms with van der Waals surface area (Å²) >= 11 is 1.99. The molecular weight excluding hydrogens is 334 g/mol. The van der Waals surface area contributed by atoms with Gasteiger partial charge in [-0.15, -0.1) is 11.3 Å². The molecule has 0 spiro atoms. The van der Waals surface area contributed by atoms with Gasteiger partial charge in [0.2, 0.25) is 0 Å². The molecular formula is C24H27NS. The molecule has 0 N–H and O–H groups in total. The highest BCUT2D eigenvalue weighted by molar-refractivity contribution is 7.19. The lowest BCUT2D eigenvalue weighted by Crippen LogP contribution is -2.09. The largest absolute Gasteiger partial charge is 0.242 e. The monoisotopic (exact) mass is 361 g/mol. The fourth-order valence-corrected chi connectivity index (χ4v) is 6.32. The standard InChI is InChI=1S/C24H27NS/c1-16-13-14-19-21(15-16)26-24-23(19)22(17-9-5-4-6-10-17)18-11-7-2-3-8-12-20(18)25-24/h4-6,9-10,16H,2-3,7-8,11-15H2,1H3/t16-/m1/s1. The van der Waals surface area contributed by atoms with E-state index in [0.29, 0.717) is 0 Å². The van der Waals surface area contributed by atoms with Crippen molar-refractivity contribution in [2.45, 2.75) is 64.7 Å². The van der Waals surface area contributed by atoms with E-state index >= 15 is 0 Å². The Morgan fingerprint density at radius 2 is 1.73 bits per heavy atom. The highest BCUT2D eigenvalue weighted by Gasteiger charge is 2.26. The van der Waals surface area contributed by atoms with Gasteiger partial charge in [0.05, 0.1) is 0 Å². The lowest BCUT2D eigenvalue weighted by atomic mass is 9.84. The van der Waals surface area contributed by atoms with E-state index in [1.165, 1.54) is 78.4 Å². The second-order valence-corrected chi connectivity index (χ2v) is 9.31. The number of thiophene rings is 1. The molecule has 2 aromatic heterocycles. The number of nitrogens with zero attached hydrogens (tertiary/aromatic N) is 1. The fourth-order valence-electron chi connectivity index (χ4n) is 4.91. The van der Waals surface area contributed by atoms with Crippen molar-refractivity contribution in [3.63, 3.8) is 0 Å². The summed E-state index contributed by atoms with van der Waals surface area (Å²) in [6.07, 6.45) is 11.5. The van der Waals surface area contributed by atoms with E-state index in [2.05, 4.69) is 37.3 Å². The number of rotatable bonds is 1. The van der Waals surface area contributed by atoms with E-state index in [0.717, 1.165) is 12.3 Å². The summed E-state index contributed by atoms with van der Waals surface area (Å²) in [7, 11) is 0. The predicted octanol–water partition coefficient (Wildman–Crippen LogP) is 6.75. The minimum absolute atomic E-state index is 0.816. The summed E-state index contributed by atoms with van der Waals surface area (Å²) in [5.41, 5.74) is 7.50. The smallest absolute Gasteiger partial charge is 0.124 e. The van der Waals surface area contributed by atoms with E-state index in [1.807, 2.05) is 11.3 Å². The molecule has 0 aliphatic heterocycles. The minimum Gasteiger partial charge on any atom is -0.242 e. The summed E-state index contributed by atoms with van der Waals surface area (Å²) in [4.78, 5) is 8.17. The van der Waals surface area contributed by atoms with E-state index in [-0.39, 0.29) is 0 Å². The van der Waals surface area contributed by atoms with E-state index < -0.39 is 0 Å². The zero-order valence-electron chi connectivity index (χ0n) is 15.7. The Balaban J connectivity index is 1.82. The van der Waals surface area contributed by atoms with Crippen molar-refractivity contribution in [3.8, 4) is 11.1 Å². The number of hydrogen-bond acceptors (Lipinski definition) is 2. The van der Waals surface area contributed by atoms with Crippen LogP contribution < -0.4 is 0 Å². The zero-order chi connectivity index (χ0) is 17.5. The summed E-state index contributed by atoms with van der Waals surface area (Å²) in [5.74, 6) is 0.816. The first kappa shape index (κ1) is 16.5. The Morgan fingerprint density at radius 1 is 0.923 bits per heavy atom. The Kier molecular flexibility index (Phi) is 4.32. The van der Waals surface area contributed by atoms with Crippen molar-refractivity contribution in [2.75, 3.05) is 0 Å². The number of aryl methyl sites for hydroxylation is 2. The highest BCUT2D eigenvalue weighted by Crippen LogP contribution is 2.44. The molecule has 2 heteroatoms. The summed E-state index contributed by atoms with van der Waals surface area (Å²) in [6.45, 7) is 2.40. The van der Waals surface area contributed by atoms with Gasteiger partial charge in [0.15, 0.2) is 0 Å². The van der Waals surface area contributed by atoms with Crippen LogP contribution in [-0.2, 0) is 25.7 Å². The second-order valence-electron chi connectivity index (χ2n) is 8.22. The average molecular weight is 362 g/mol. The zero-order valence-corrected chi connectivity index (χ0v) is 16.5. The Bertz CT molecular complexity index is 938. The predicted molar refractivity (Wildman–Crippen MR) is 112 cm³/mol. The summed E-state index contributed by atoms with van der Waals surface area (Å²) in [6, 6.07) is 11.1. The molecule has 2 aliphatic rings. The van der Waals surface area contributed by atoms with Gasteiger partial charge in [-0.2, -0.15) is 0 Å². The van der Waals surface area contributed by atoms with Gasteiger partial charge in [0.25, 0.3) is 0 Å². The van der Waals surface area contributed by atoms with Crippen molar-refractivity contribution in [1.82, 2.24) is 4.98 Å². The molecule has 0 radical (unpaired) electrons. The van der Waals surface area contributed by atoms with Crippen LogP contribution in [0.2, 0.25) is 0 Å². The van der Waals surface area contributed by atoms with Crippen LogP contribution in [0.4, 0.5) is 0 Å². The molecule has 0 fully saturated rings. The normalized spacial score (nSPS) is 20.3. The maximum atomic E-state index is 5.25. The van der Waals surface area contributed by atoms with Gasteiger partial charge in [0.1, 0.15) is 4.83 Å². The molecule has 1 aromatic carbocycles. The molecule has 5 rings (SSSR count). The molecule has 2 heterocycles. The molecule has 3 aromatic rings. The van der Waals surface area contributed by atoms with Crippen LogP contribution in [0.3, 0.4) is 0 Å². The third-order valence-electron chi connectivity index (χ3n) is 6.28. The van der Waals surface area contributed by atoms with Gasteiger partial charge < -0.3 is 0 Å². The Hall–Kier alpha value is -1.67. The molecule has 2 aliphatic carbocycles. The molecule has 0 saturated carbocycles. The second kappa shape index (κ2) is 6.81. The van der Waals surface area contributed by atoms with Crippen LogP contribution in [0, 0.1) is 5.92 Å². The van der Waals surface area contributed by atoms with Gasteiger partial charge in [0, 0.05) is 16.0 Å². The summed E-state index contributed by atoms with van der Waals surface area (Å²) in [5, 5.41) is 1.50. The van der Waals surface area contributed by atoms with Gasteiger partial charge in [-0.3, -0.25) is 0 Å². The highest BCUT2D eigenvalue weighted by atomic mass is 32.1. The van der Waals surface area contributed by atoms with Crippen molar-refractivity contribution < 1.29 is 0 Å². The third kappa shape index (κ3) is 2.79. The lowest BCUT2D eigenvalue weighted by Gasteiger charge is -2.21. The number of hydrogen-bond donors (Lipinski definition) is 0. The fraction of sp³-hybridized carbons (Fsp3) is 0.458. The van der Waals surface area contributed by atoms with Crippen LogP contribution in [0.1, 0.15) is 60.7 Å². The number of pyridine rings is 1. The molecule has 0 unspecified atom stereocenters. The molecule has 134 valence electrons. The average Bonchev–Trinajstić information content (AvgIpc) is 2.99. The number of aromatic nitrogens is 1. The van der Waals surface area contributed by atoms with Crippen molar-refractivity contribution in [1.29, 1.82) is 0 Å². The number of fused-ring (bicyclic) bond motifs is 4. The molecule has 26 heavy (non-hydrogen) atoms. The van der Waals surface area contributed by atoms with E-state index in [4.69, 9.17) is 4.98 Å². The molecule has 0 amide bonds. The minimum atomic E-state index is 0.816. The van der Waals surface area contributed by atoms with Gasteiger partial charge in [-0.25, -0.2) is 4.98 Å². The Labute approximate surface area is 160 Å². The van der Waals surface area contributed by atoms with Crippen LogP contribution in [0.5, 0.6) is 0 Å². The first-order chi connectivity index (χ1) is 12.8. The van der Waals surface area contributed by atoms with Gasteiger partial charge in [-0.1, -0.05) is 50.1 Å². The topological polar surface area (TPSA) is 12.9 Å². The van der Waals surface area contributed by atoms with Crippen LogP contribution in [-0.4, -0.2) is 4.98 Å². The maximum Gasteiger partial charge on any atom is 0.124 e. The van der Waals surface area contributed by atoms with E-state index in [9.17, 15) is 0 Å². The quantitative estimate of drug-likeness (QED) is 0.467. The van der Waals surface area contributed by atoms with Crippen LogP contribution >= 0.6 is 11.3 Å². The van der Waals surface area contributed by atoms with E-state index in [1.54, 1.807) is 16.0 Å². The lowest BCUT2D eigenvalue weighted by molar-refractivity contribution is 0.509. The number of benzene rings is 1. The first-order valence-electron chi connectivity index (χ1n) is 10.3. The molecule has 1 nitrogen and oxygen atoms in total. The van der Waals surface area contributed by atoms with Crippen molar-refractivity contribution >= 4 is 21.6 Å². The summed E-state index contributed by atoms with van der Waals surface area (Å²) < 4.78 is 0. The van der Waals surface area contributed by atoms with Gasteiger partial charge >= 0.3 is 0 Å². The first-order valence-corrected chi connectivity index (χ1v) is 11.1. The van der Waals surface area contributed by atoms with Crippen LogP contribution in [0.15, 0.2) is 30.3 Å². The Morgan fingerprint density at radius 3 is 2.58 bits per heavy atom. The van der Waals surface area contributed by atoms with Crippen molar-refractivity contribution in [3.05, 3.63) is 52.0 Å². The van der Waals surface area contributed by atoms with Crippen LogP contribution in [0.25, 0.3) is 21.3 Å². The maximum absolute atomic E-state index is 5.25. The van der Waals surface area contributed by atoms with Crippen molar-refractivity contribution in [2.24, 2.45) is 5.92 Å².